The van der Waals surface area contributed by atoms with Crippen LogP contribution in [0.2, 0.25) is 0 Å². The highest BCUT2D eigenvalue weighted by molar-refractivity contribution is 7.10. The van der Waals surface area contributed by atoms with Gasteiger partial charge in [-0.05, 0) is 46.5 Å². The van der Waals surface area contributed by atoms with Crippen LogP contribution in [0.3, 0.4) is 0 Å². The summed E-state index contributed by atoms with van der Waals surface area (Å²) in [5.74, 6) is 0.136. The topological polar surface area (TPSA) is 62.5 Å². The van der Waals surface area contributed by atoms with E-state index < -0.39 is 5.60 Å². The smallest absolute Gasteiger partial charge is 0.244 e. The molecule has 2 N–H and O–H groups in total. The molecule has 0 aliphatic carbocycles. The van der Waals surface area contributed by atoms with Crippen LogP contribution in [0.5, 0.6) is 0 Å². The van der Waals surface area contributed by atoms with Gasteiger partial charge in [0.25, 0.3) is 0 Å². The monoisotopic (exact) mass is 345 g/mol. The number of aliphatic hydroxyl groups is 1. The fourth-order valence-electron chi connectivity index (χ4n) is 2.16. The summed E-state index contributed by atoms with van der Waals surface area (Å²) in [5, 5.41) is 19.4. The molecule has 4 nitrogen and oxygen atoms in total. The number of hydrogen-bond donors (Lipinski definition) is 2. The van der Waals surface area contributed by atoms with Crippen LogP contribution in [0, 0.1) is 0 Å². The Hall–Kier alpha value is -2.15. The maximum Gasteiger partial charge on any atom is 0.244 e. The fourth-order valence-corrected chi connectivity index (χ4v) is 3.50. The van der Waals surface area contributed by atoms with Crippen LogP contribution in [0.1, 0.15) is 16.2 Å². The van der Waals surface area contributed by atoms with Crippen molar-refractivity contribution in [1.82, 2.24) is 5.32 Å². The summed E-state index contributed by atoms with van der Waals surface area (Å²) in [7, 11) is 0. The summed E-state index contributed by atoms with van der Waals surface area (Å²) in [6.45, 7) is 0.0326. The SMILES string of the molecule is O=C(/C=C/c1cccs1)NCC(O)(c1ccsc1)c1ccco1. The maximum atomic E-state index is 12.0. The fraction of sp³-hybridized carbons (Fsp3) is 0.118. The first kappa shape index (κ1) is 15.7. The third kappa shape index (κ3) is 3.61. The molecule has 118 valence electrons. The normalized spacial score (nSPS) is 14.0. The molecule has 3 heterocycles. The van der Waals surface area contributed by atoms with Crippen LogP contribution in [0.15, 0.2) is 63.2 Å². The number of thiophene rings is 2. The van der Waals surface area contributed by atoms with Gasteiger partial charge in [-0.25, -0.2) is 0 Å². The van der Waals surface area contributed by atoms with Gasteiger partial charge in [-0.15, -0.1) is 11.3 Å². The second-order valence-electron chi connectivity index (χ2n) is 4.92. The van der Waals surface area contributed by atoms with Crippen LogP contribution >= 0.6 is 22.7 Å². The van der Waals surface area contributed by atoms with Crippen LogP contribution in [0.4, 0.5) is 0 Å². The van der Waals surface area contributed by atoms with Gasteiger partial charge in [-0.3, -0.25) is 4.79 Å². The van der Waals surface area contributed by atoms with Crippen molar-refractivity contribution in [3.8, 4) is 0 Å². The number of hydrogen-bond acceptors (Lipinski definition) is 5. The Bertz CT molecular complexity index is 725. The van der Waals surface area contributed by atoms with Crippen molar-refractivity contribution >= 4 is 34.7 Å². The molecule has 23 heavy (non-hydrogen) atoms. The molecule has 0 radical (unpaired) electrons. The molecule has 0 saturated carbocycles. The Morgan fingerprint density at radius 2 is 2.22 bits per heavy atom. The predicted molar refractivity (Wildman–Crippen MR) is 92.4 cm³/mol. The van der Waals surface area contributed by atoms with E-state index in [2.05, 4.69) is 5.32 Å². The van der Waals surface area contributed by atoms with Gasteiger partial charge in [-0.2, -0.15) is 11.3 Å². The number of rotatable bonds is 6. The van der Waals surface area contributed by atoms with E-state index in [1.165, 1.54) is 23.7 Å². The molecule has 1 atom stereocenters. The first-order valence-electron chi connectivity index (χ1n) is 6.97. The average molecular weight is 345 g/mol. The van der Waals surface area contributed by atoms with E-state index in [0.29, 0.717) is 11.3 Å². The number of carbonyl (C=O) groups excluding carboxylic acids is 1. The van der Waals surface area contributed by atoms with Crippen molar-refractivity contribution in [3.05, 3.63) is 75.0 Å². The molecule has 1 amide bonds. The van der Waals surface area contributed by atoms with E-state index in [1.807, 2.05) is 34.3 Å². The van der Waals surface area contributed by atoms with Crippen LogP contribution < -0.4 is 5.32 Å². The first-order valence-corrected chi connectivity index (χ1v) is 8.79. The Morgan fingerprint density at radius 1 is 1.30 bits per heavy atom. The van der Waals surface area contributed by atoms with E-state index in [-0.39, 0.29) is 12.5 Å². The van der Waals surface area contributed by atoms with Crippen molar-refractivity contribution in [3.63, 3.8) is 0 Å². The lowest BCUT2D eigenvalue weighted by Crippen LogP contribution is -2.40. The summed E-state index contributed by atoms with van der Waals surface area (Å²) < 4.78 is 5.36. The van der Waals surface area contributed by atoms with Gasteiger partial charge < -0.3 is 14.8 Å². The highest BCUT2D eigenvalue weighted by Gasteiger charge is 2.35. The largest absolute Gasteiger partial charge is 0.466 e. The summed E-state index contributed by atoms with van der Waals surface area (Å²) in [5.41, 5.74) is -0.685. The molecule has 3 aromatic heterocycles. The number of nitrogens with one attached hydrogen (secondary N) is 1. The zero-order chi connectivity index (χ0) is 16.1. The minimum absolute atomic E-state index is 0.0326. The number of amides is 1. The minimum Gasteiger partial charge on any atom is -0.466 e. The lowest BCUT2D eigenvalue weighted by molar-refractivity contribution is -0.117. The maximum absolute atomic E-state index is 12.0. The predicted octanol–water partition coefficient (Wildman–Crippen LogP) is 3.47. The molecule has 0 aromatic carbocycles. The summed E-state index contributed by atoms with van der Waals surface area (Å²) >= 11 is 3.03. The molecule has 1 unspecified atom stereocenters. The van der Waals surface area contributed by atoms with Gasteiger partial charge in [0, 0.05) is 16.5 Å². The second-order valence-corrected chi connectivity index (χ2v) is 6.68. The van der Waals surface area contributed by atoms with Crippen LogP contribution in [-0.4, -0.2) is 17.6 Å². The summed E-state index contributed by atoms with van der Waals surface area (Å²) in [6, 6.07) is 9.09. The molecule has 6 heteroatoms. The third-order valence-corrected chi connectivity index (χ3v) is 4.91. The Morgan fingerprint density at radius 3 is 2.87 bits per heavy atom. The van der Waals surface area contributed by atoms with Gasteiger partial charge in [0.15, 0.2) is 5.60 Å². The molecule has 0 fully saturated rings. The van der Waals surface area contributed by atoms with Crippen molar-refractivity contribution in [2.75, 3.05) is 6.54 Å². The van der Waals surface area contributed by atoms with Gasteiger partial charge in [0.2, 0.25) is 5.91 Å². The lowest BCUT2D eigenvalue weighted by atomic mass is 9.93. The number of furan rings is 1. The molecule has 0 saturated heterocycles. The van der Waals surface area contributed by atoms with E-state index in [9.17, 15) is 9.90 Å². The van der Waals surface area contributed by atoms with Crippen LogP contribution in [0.25, 0.3) is 6.08 Å². The highest BCUT2D eigenvalue weighted by atomic mass is 32.1. The first-order chi connectivity index (χ1) is 11.2. The zero-order valence-corrected chi connectivity index (χ0v) is 13.8. The minimum atomic E-state index is -1.38. The number of carbonyl (C=O) groups is 1. The zero-order valence-electron chi connectivity index (χ0n) is 12.1. The van der Waals surface area contributed by atoms with E-state index in [4.69, 9.17) is 4.42 Å². The van der Waals surface area contributed by atoms with Gasteiger partial charge in [-0.1, -0.05) is 6.07 Å². The van der Waals surface area contributed by atoms with Crippen molar-refractivity contribution < 1.29 is 14.3 Å². The van der Waals surface area contributed by atoms with Gasteiger partial charge >= 0.3 is 0 Å². The molecule has 0 aliphatic heterocycles. The van der Waals surface area contributed by atoms with Crippen LogP contribution in [-0.2, 0) is 10.4 Å². The molecule has 0 bridgehead atoms. The molecule has 3 aromatic rings. The van der Waals surface area contributed by atoms with E-state index in [0.717, 1.165) is 4.88 Å². The van der Waals surface area contributed by atoms with Crippen molar-refractivity contribution in [2.24, 2.45) is 0 Å². The Balaban J connectivity index is 1.71. The van der Waals surface area contributed by atoms with E-state index >= 15 is 0 Å². The quantitative estimate of drug-likeness (QED) is 0.673. The summed E-state index contributed by atoms with van der Waals surface area (Å²) in [4.78, 5) is 13.0. The average Bonchev–Trinajstić information content (AvgIpc) is 3.33. The highest BCUT2D eigenvalue weighted by Crippen LogP contribution is 2.30. The molecular weight excluding hydrogens is 330 g/mol. The van der Waals surface area contributed by atoms with Gasteiger partial charge in [0.1, 0.15) is 5.76 Å². The van der Waals surface area contributed by atoms with E-state index in [1.54, 1.807) is 29.5 Å². The molecular formula is C17H15NO3S2. The Kier molecular flexibility index (Phi) is 4.76. The molecule has 0 spiro atoms. The standard InChI is InChI=1S/C17H15NO3S2/c19-16(6-5-14-3-2-9-23-14)18-12-17(20,13-7-10-22-11-13)15-4-1-8-21-15/h1-11,20H,12H2,(H,18,19)/b6-5+. The lowest BCUT2D eigenvalue weighted by Gasteiger charge is -2.25. The van der Waals surface area contributed by atoms with Gasteiger partial charge in [0.05, 0.1) is 12.8 Å². The van der Waals surface area contributed by atoms with Crippen molar-refractivity contribution in [1.29, 1.82) is 0 Å². The second kappa shape index (κ2) is 6.95. The third-order valence-electron chi connectivity index (χ3n) is 3.39. The van der Waals surface area contributed by atoms with Crippen molar-refractivity contribution in [2.45, 2.75) is 5.60 Å². The summed E-state index contributed by atoms with van der Waals surface area (Å²) in [6.07, 6.45) is 4.71. The molecule has 0 aliphatic rings. The Labute approximate surface area is 141 Å². The molecule has 3 rings (SSSR count).